The standard InChI is InChI=1S/C24H53NO3Si/c1-6-7-8-9-10-11-12-13-14-15-16-17-18-19-20-21-22-25-23-24(2)29(26-3,27-4)28-5/h24-25H,6-23H2,1-5H3. The molecular weight excluding hydrogens is 378 g/mol. The number of nitrogens with one attached hydrogen (secondary N) is 1. The van der Waals surface area contributed by atoms with Gasteiger partial charge in [0.1, 0.15) is 0 Å². The lowest BCUT2D eigenvalue weighted by Crippen LogP contribution is -2.49. The second-order valence-corrected chi connectivity index (χ2v) is 12.0. The summed E-state index contributed by atoms with van der Waals surface area (Å²) in [6.07, 6.45) is 22.6. The maximum absolute atomic E-state index is 5.54. The highest BCUT2D eigenvalue weighted by molar-refractivity contribution is 6.62. The van der Waals surface area contributed by atoms with Gasteiger partial charge >= 0.3 is 8.80 Å². The van der Waals surface area contributed by atoms with E-state index in [-0.39, 0.29) is 5.54 Å². The quantitative estimate of drug-likeness (QED) is 0.138. The summed E-state index contributed by atoms with van der Waals surface area (Å²) in [7, 11) is 2.56. The van der Waals surface area contributed by atoms with Gasteiger partial charge < -0.3 is 18.6 Å². The van der Waals surface area contributed by atoms with E-state index in [0.717, 1.165) is 13.1 Å². The Labute approximate surface area is 184 Å². The molecule has 0 aliphatic heterocycles. The molecule has 0 amide bonds. The fourth-order valence-electron chi connectivity index (χ4n) is 4.10. The van der Waals surface area contributed by atoms with Gasteiger partial charge in [-0.2, -0.15) is 0 Å². The molecule has 0 radical (unpaired) electrons. The van der Waals surface area contributed by atoms with Gasteiger partial charge in [0.15, 0.2) is 0 Å². The molecule has 0 fully saturated rings. The van der Waals surface area contributed by atoms with Crippen LogP contribution in [0, 0.1) is 0 Å². The van der Waals surface area contributed by atoms with Crippen LogP contribution in [0.3, 0.4) is 0 Å². The third kappa shape index (κ3) is 15.5. The number of unbranched alkanes of at least 4 members (excludes halogenated alkanes) is 15. The Balaban J connectivity index is 3.30. The first-order valence-corrected chi connectivity index (χ1v) is 14.3. The monoisotopic (exact) mass is 431 g/mol. The van der Waals surface area contributed by atoms with Gasteiger partial charge in [-0.1, -0.05) is 110 Å². The van der Waals surface area contributed by atoms with Crippen molar-refractivity contribution in [3.8, 4) is 0 Å². The Morgan fingerprint density at radius 1 is 0.586 bits per heavy atom. The van der Waals surface area contributed by atoms with Crippen LogP contribution in [0.15, 0.2) is 0 Å². The SMILES string of the molecule is CCCCCCCCCCCCCCCCCCNCC(C)[Si](OC)(OC)OC. The molecular formula is C24H53NO3Si. The highest BCUT2D eigenvalue weighted by Crippen LogP contribution is 2.22. The normalized spacial score (nSPS) is 13.1. The van der Waals surface area contributed by atoms with Crippen LogP contribution in [0.2, 0.25) is 5.54 Å². The summed E-state index contributed by atoms with van der Waals surface area (Å²) in [4.78, 5) is 0. The van der Waals surface area contributed by atoms with E-state index in [4.69, 9.17) is 13.3 Å². The summed E-state index contributed by atoms with van der Waals surface area (Å²) in [6, 6.07) is 0. The first-order chi connectivity index (χ1) is 14.2. The van der Waals surface area contributed by atoms with E-state index >= 15 is 0 Å². The minimum atomic E-state index is -2.50. The Morgan fingerprint density at radius 3 is 1.28 bits per heavy atom. The van der Waals surface area contributed by atoms with Gasteiger partial charge in [0.05, 0.1) is 0 Å². The molecule has 29 heavy (non-hydrogen) atoms. The predicted octanol–water partition coefficient (Wildman–Crippen LogP) is 7.11. The second kappa shape index (κ2) is 21.3. The molecule has 1 N–H and O–H groups in total. The third-order valence-corrected chi connectivity index (χ3v) is 9.23. The van der Waals surface area contributed by atoms with Crippen LogP contribution in [0.4, 0.5) is 0 Å². The fraction of sp³-hybridized carbons (Fsp3) is 1.00. The van der Waals surface area contributed by atoms with Gasteiger partial charge in [0, 0.05) is 33.4 Å². The summed E-state index contributed by atoms with van der Waals surface area (Å²) < 4.78 is 16.6. The maximum Gasteiger partial charge on any atom is 0.504 e. The first kappa shape index (κ1) is 29.1. The summed E-state index contributed by atoms with van der Waals surface area (Å²) >= 11 is 0. The molecule has 0 saturated heterocycles. The van der Waals surface area contributed by atoms with Crippen molar-refractivity contribution in [1.29, 1.82) is 0 Å². The maximum atomic E-state index is 5.54. The largest absolute Gasteiger partial charge is 0.504 e. The second-order valence-electron chi connectivity index (χ2n) is 8.62. The van der Waals surface area contributed by atoms with Crippen molar-refractivity contribution < 1.29 is 13.3 Å². The summed E-state index contributed by atoms with van der Waals surface area (Å²) in [6.45, 7) is 6.40. The third-order valence-electron chi connectivity index (χ3n) is 6.11. The van der Waals surface area contributed by atoms with Crippen molar-refractivity contribution in [2.45, 2.75) is 122 Å². The Morgan fingerprint density at radius 2 is 0.931 bits per heavy atom. The average Bonchev–Trinajstić information content (AvgIpc) is 2.74. The lowest BCUT2D eigenvalue weighted by Gasteiger charge is -2.30. The molecule has 0 aliphatic carbocycles. The molecule has 0 bridgehead atoms. The van der Waals surface area contributed by atoms with Crippen molar-refractivity contribution >= 4 is 8.80 Å². The van der Waals surface area contributed by atoms with Gasteiger partial charge in [0.2, 0.25) is 0 Å². The zero-order valence-electron chi connectivity index (χ0n) is 20.5. The highest BCUT2D eigenvalue weighted by Gasteiger charge is 2.44. The van der Waals surface area contributed by atoms with Crippen LogP contribution in [-0.4, -0.2) is 43.2 Å². The highest BCUT2D eigenvalue weighted by atomic mass is 28.4. The lowest BCUT2D eigenvalue weighted by atomic mass is 10.0. The van der Waals surface area contributed by atoms with E-state index in [1.54, 1.807) is 21.3 Å². The molecule has 0 aromatic rings. The van der Waals surface area contributed by atoms with Crippen LogP contribution < -0.4 is 5.32 Å². The Bertz CT molecular complexity index is 319. The van der Waals surface area contributed by atoms with Crippen LogP contribution in [0.25, 0.3) is 0 Å². The van der Waals surface area contributed by atoms with Crippen LogP contribution in [0.1, 0.15) is 117 Å². The van der Waals surface area contributed by atoms with E-state index in [1.165, 1.54) is 103 Å². The molecule has 0 saturated carbocycles. The van der Waals surface area contributed by atoms with E-state index < -0.39 is 8.80 Å². The van der Waals surface area contributed by atoms with E-state index in [2.05, 4.69) is 19.2 Å². The molecule has 0 aliphatic rings. The van der Waals surface area contributed by atoms with Gasteiger partial charge in [-0.3, -0.25) is 0 Å². The molecule has 0 spiro atoms. The molecule has 1 atom stereocenters. The number of hydrogen-bond donors (Lipinski definition) is 1. The number of hydrogen-bond acceptors (Lipinski definition) is 4. The van der Waals surface area contributed by atoms with Crippen molar-refractivity contribution in [2.75, 3.05) is 34.4 Å². The lowest BCUT2D eigenvalue weighted by molar-refractivity contribution is 0.113. The van der Waals surface area contributed by atoms with Gasteiger partial charge in [0.25, 0.3) is 0 Å². The van der Waals surface area contributed by atoms with Crippen molar-refractivity contribution in [3.05, 3.63) is 0 Å². The summed E-state index contributed by atoms with van der Waals surface area (Å²) in [5, 5.41) is 3.54. The zero-order valence-corrected chi connectivity index (χ0v) is 21.5. The minimum absolute atomic E-state index is 0.267. The average molecular weight is 432 g/mol. The molecule has 0 rings (SSSR count). The predicted molar refractivity (Wildman–Crippen MR) is 129 cm³/mol. The molecule has 176 valence electrons. The molecule has 0 aromatic carbocycles. The van der Waals surface area contributed by atoms with Gasteiger partial charge in [-0.05, 0) is 13.0 Å². The van der Waals surface area contributed by atoms with Crippen molar-refractivity contribution in [1.82, 2.24) is 5.32 Å². The van der Waals surface area contributed by atoms with E-state index in [0.29, 0.717) is 0 Å². The van der Waals surface area contributed by atoms with Crippen LogP contribution in [0.5, 0.6) is 0 Å². The number of rotatable bonds is 23. The smallest absolute Gasteiger partial charge is 0.377 e. The first-order valence-electron chi connectivity index (χ1n) is 12.5. The zero-order chi connectivity index (χ0) is 21.6. The van der Waals surface area contributed by atoms with Gasteiger partial charge in [-0.25, -0.2) is 0 Å². The molecule has 0 aromatic heterocycles. The van der Waals surface area contributed by atoms with Crippen molar-refractivity contribution in [2.24, 2.45) is 0 Å². The van der Waals surface area contributed by atoms with E-state index in [9.17, 15) is 0 Å². The van der Waals surface area contributed by atoms with E-state index in [1.807, 2.05) is 0 Å². The molecule has 0 heterocycles. The molecule has 4 nitrogen and oxygen atoms in total. The molecule has 5 heteroatoms. The van der Waals surface area contributed by atoms with Crippen LogP contribution >= 0.6 is 0 Å². The van der Waals surface area contributed by atoms with Crippen LogP contribution in [-0.2, 0) is 13.3 Å². The van der Waals surface area contributed by atoms with Gasteiger partial charge in [-0.15, -0.1) is 0 Å². The Hall–Kier alpha value is 0.0569. The Kier molecular flexibility index (Phi) is 21.3. The fourth-order valence-corrected chi connectivity index (χ4v) is 6.20. The molecule has 1 unspecified atom stereocenters. The summed E-state index contributed by atoms with van der Waals surface area (Å²) in [5.41, 5.74) is 0.267. The van der Waals surface area contributed by atoms with Crippen molar-refractivity contribution in [3.63, 3.8) is 0 Å². The minimum Gasteiger partial charge on any atom is -0.377 e. The summed E-state index contributed by atoms with van der Waals surface area (Å²) in [5.74, 6) is 0. The topological polar surface area (TPSA) is 39.7 Å².